The van der Waals surface area contributed by atoms with E-state index in [9.17, 15) is 9.59 Å². The van der Waals surface area contributed by atoms with E-state index < -0.39 is 24.2 Å². The van der Waals surface area contributed by atoms with Crippen molar-refractivity contribution < 1.29 is 33.7 Å². The van der Waals surface area contributed by atoms with Gasteiger partial charge in [-0.25, -0.2) is 9.59 Å². The molecule has 78 valence electrons. The van der Waals surface area contributed by atoms with E-state index in [0.29, 0.717) is 0 Å². The number of terminal acetylenes is 1. The molecule has 0 saturated heterocycles. The number of ether oxygens (including phenoxy) is 2. The second-order valence-electron chi connectivity index (χ2n) is 2.15. The third-order valence-electron chi connectivity index (χ3n) is 1.20. The Labute approximate surface area is 82.8 Å². The van der Waals surface area contributed by atoms with Gasteiger partial charge >= 0.3 is 18.3 Å². The van der Waals surface area contributed by atoms with Crippen molar-refractivity contribution in [1.82, 2.24) is 0 Å². The quantitative estimate of drug-likeness (QED) is 0.563. The molecule has 0 aliphatic heterocycles. The molecule has 0 aliphatic carbocycles. The van der Waals surface area contributed by atoms with Crippen LogP contribution < -0.4 is 9.47 Å². The lowest BCUT2D eigenvalue weighted by Crippen LogP contribution is -2.03. The average molecular weight is 212 g/mol. The van der Waals surface area contributed by atoms with Crippen LogP contribution in [0.25, 0.3) is 0 Å². The van der Waals surface area contributed by atoms with E-state index in [-0.39, 0.29) is 5.56 Å². The topological polar surface area (TPSA) is 106 Å². The second-order valence-corrected chi connectivity index (χ2v) is 2.15. The lowest BCUT2D eigenvalue weighted by molar-refractivity contribution is 0.120. The van der Waals surface area contributed by atoms with Gasteiger partial charge in [-0.3, -0.25) is 0 Å². The number of rotatable bonds is 2. The standard InChI is InChI=1S/C8H4O7/c1-2-4-3-5(14-7(9)10)13-6(4)15-8(11)12/h1,3H,(H,9,10)(H,11,12). The van der Waals surface area contributed by atoms with Crippen molar-refractivity contribution in [2.24, 2.45) is 0 Å². The fraction of sp³-hybridized carbons (Fsp3) is 0. The molecule has 0 spiro atoms. The van der Waals surface area contributed by atoms with Crippen LogP contribution in [-0.4, -0.2) is 22.5 Å². The third kappa shape index (κ3) is 2.67. The molecule has 0 atom stereocenters. The first-order valence-corrected chi connectivity index (χ1v) is 3.45. The third-order valence-corrected chi connectivity index (χ3v) is 1.20. The Balaban J connectivity index is 2.96. The Bertz CT molecular complexity index is 436. The maximum atomic E-state index is 10.2. The SMILES string of the molecule is C#Cc1cc(OC(=O)O)oc1OC(=O)O. The van der Waals surface area contributed by atoms with Gasteiger partial charge in [-0.1, -0.05) is 5.92 Å². The van der Waals surface area contributed by atoms with Gasteiger partial charge in [-0.15, -0.1) is 6.42 Å². The lowest BCUT2D eigenvalue weighted by Gasteiger charge is -1.94. The smallest absolute Gasteiger partial charge is 0.449 e. The molecule has 0 amide bonds. The van der Waals surface area contributed by atoms with E-state index in [1.807, 2.05) is 5.92 Å². The Kier molecular flexibility index (Phi) is 2.83. The molecule has 1 rings (SSSR count). The maximum absolute atomic E-state index is 10.2. The molecule has 0 aliphatic rings. The summed E-state index contributed by atoms with van der Waals surface area (Å²) in [5, 5.41) is 16.5. The van der Waals surface area contributed by atoms with Crippen LogP contribution in [0.3, 0.4) is 0 Å². The first kappa shape index (κ1) is 10.5. The minimum Gasteiger partial charge on any atom is -0.449 e. The van der Waals surface area contributed by atoms with Crippen LogP contribution in [0, 0.1) is 12.3 Å². The molecule has 0 saturated carbocycles. The molecule has 7 nitrogen and oxygen atoms in total. The first-order chi connectivity index (χ1) is 7.02. The average Bonchev–Trinajstić information content (AvgIpc) is 2.45. The summed E-state index contributed by atoms with van der Waals surface area (Å²) in [6.45, 7) is 0. The van der Waals surface area contributed by atoms with Gasteiger partial charge in [0.15, 0.2) is 0 Å². The van der Waals surface area contributed by atoms with Crippen LogP contribution in [0.1, 0.15) is 5.56 Å². The van der Waals surface area contributed by atoms with Crippen LogP contribution in [0.15, 0.2) is 10.5 Å². The van der Waals surface area contributed by atoms with Gasteiger partial charge in [0.25, 0.3) is 5.95 Å². The van der Waals surface area contributed by atoms with Crippen molar-refractivity contribution in [2.45, 2.75) is 0 Å². The molecule has 15 heavy (non-hydrogen) atoms. The highest BCUT2D eigenvalue weighted by molar-refractivity contribution is 5.63. The van der Waals surface area contributed by atoms with Crippen LogP contribution in [0.2, 0.25) is 0 Å². The second kappa shape index (κ2) is 4.06. The molecule has 1 aromatic heterocycles. The molecule has 0 bridgehead atoms. The van der Waals surface area contributed by atoms with Crippen LogP contribution in [0.5, 0.6) is 11.9 Å². The molecule has 0 fully saturated rings. The molecule has 0 radical (unpaired) electrons. The van der Waals surface area contributed by atoms with Gasteiger partial charge in [0.2, 0.25) is 0 Å². The van der Waals surface area contributed by atoms with Crippen molar-refractivity contribution in [2.75, 3.05) is 0 Å². The van der Waals surface area contributed by atoms with Gasteiger partial charge in [0, 0.05) is 6.07 Å². The first-order valence-electron chi connectivity index (χ1n) is 3.45. The van der Waals surface area contributed by atoms with E-state index in [2.05, 4.69) is 13.9 Å². The summed E-state index contributed by atoms with van der Waals surface area (Å²) < 4.78 is 12.8. The highest BCUT2D eigenvalue weighted by Crippen LogP contribution is 2.28. The minimum absolute atomic E-state index is 0.0614. The van der Waals surface area contributed by atoms with Crippen LogP contribution >= 0.6 is 0 Å². The molecular weight excluding hydrogens is 208 g/mol. The fourth-order valence-electron chi connectivity index (χ4n) is 0.745. The van der Waals surface area contributed by atoms with Crippen molar-refractivity contribution in [1.29, 1.82) is 0 Å². The molecule has 0 aromatic carbocycles. The van der Waals surface area contributed by atoms with Crippen molar-refractivity contribution >= 4 is 12.3 Å². The zero-order valence-corrected chi connectivity index (χ0v) is 7.09. The highest BCUT2D eigenvalue weighted by Gasteiger charge is 2.16. The summed E-state index contributed by atoms with van der Waals surface area (Å²) in [6, 6.07) is 1.02. The normalized spacial score (nSPS) is 9.00. The van der Waals surface area contributed by atoms with Crippen molar-refractivity contribution in [3.63, 3.8) is 0 Å². The molecule has 2 N–H and O–H groups in total. The van der Waals surface area contributed by atoms with Gasteiger partial charge in [-0.2, -0.15) is 0 Å². The molecule has 0 unspecified atom stereocenters. The highest BCUT2D eigenvalue weighted by atomic mass is 16.7. The number of furan rings is 1. The van der Waals surface area contributed by atoms with Crippen molar-refractivity contribution in [3.05, 3.63) is 11.6 Å². The monoisotopic (exact) mass is 212 g/mol. The van der Waals surface area contributed by atoms with E-state index in [1.165, 1.54) is 0 Å². The van der Waals surface area contributed by atoms with E-state index >= 15 is 0 Å². The zero-order valence-electron chi connectivity index (χ0n) is 7.09. The van der Waals surface area contributed by atoms with Gasteiger partial charge in [0.1, 0.15) is 5.56 Å². The summed E-state index contributed by atoms with van der Waals surface area (Å²) >= 11 is 0. The van der Waals surface area contributed by atoms with E-state index in [0.717, 1.165) is 6.07 Å². The molecular formula is C8H4O7. The van der Waals surface area contributed by atoms with Gasteiger partial charge < -0.3 is 24.1 Å². The number of hydrogen-bond acceptors (Lipinski definition) is 5. The Morgan fingerprint density at radius 1 is 1.33 bits per heavy atom. The lowest BCUT2D eigenvalue weighted by atomic mass is 10.3. The number of carbonyl (C=O) groups is 2. The molecule has 1 heterocycles. The maximum Gasteiger partial charge on any atom is 0.513 e. The number of carboxylic acid groups (broad SMARTS) is 2. The van der Waals surface area contributed by atoms with Crippen molar-refractivity contribution in [3.8, 4) is 24.2 Å². The summed E-state index contributed by atoms with van der Waals surface area (Å²) in [7, 11) is 0. The zero-order chi connectivity index (χ0) is 11.4. The van der Waals surface area contributed by atoms with E-state index in [1.54, 1.807) is 0 Å². The molecule has 7 heteroatoms. The van der Waals surface area contributed by atoms with E-state index in [4.69, 9.17) is 16.6 Å². The predicted octanol–water partition coefficient (Wildman–Crippen LogP) is 1.37. The molecule has 1 aromatic rings. The van der Waals surface area contributed by atoms with Gasteiger partial charge in [0.05, 0.1) is 0 Å². The Hall–Kier alpha value is -2.62. The summed E-state index contributed by atoms with van der Waals surface area (Å²) in [4.78, 5) is 20.3. The Morgan fingerprint density at radius 3 is 2.40 bits per heavy atom. The summed E-state index contributed by atoms with van der Waals surface area (Å²) in [5.74, 6) is 1.06. The summed E-state index contributed by atoms with van der Waals surface area (Å²) in [5.41, 5.74) is -0.0614. The largest absolute Gasteiger partial charge is 0.513 e. The van der Waals surface area contributed by atoms with Crippen LogP contribution in [-0.2, 0) is 0 Å². The van der Waals surface area contributed by atoms with Gasteiger partial charge in [-0.05, 0) is 0 Å². The fourth-order valence-corrected chi connectivity index (χ4v) is 0.745. The summed E-state index contributed by atoms with van der Waals surface area (Å²) in [6.07, 6.45) is 1.73. The van der Waals surface area contributed by atoms with Crippen LogP contribution in [0.4, 0.5) is 9.59 Å². The Morgan fingerprint density at radius 2 is 1.93 bits per heavy atom. The predicted molar refractivity (Wildman–Crippen MR) is 43.9 cm³/mol. The minimum atomic E-state index is -1.64. The number of hydrogen-bond donors (Lipinski definition) is 2.